The molecule has 3 aromatic rings. The molecule has 3 aromatic carbocycles. The third-order valence-electron chi connectivity index (χ3n) is 4.10. The van der Waals surface area contributed by atoms with Crippen LogP contribution in [0.15, 0.2) is 51.5 Å². The van der Waals surface area contributed by atoms with Crippen LogP contribution in [0.2, 0.25) is 10.0 Å². The van der Waals surface area contributed by atoms with Crippen molar-refractivity contribution in [2.75, 3.05) is 11.9 Å². The SMILES string of the molecule is CCOC(=O)Nc1cc(S(=O)(=O)O)cc2ccc(O)c(N=Nc3cc(Cl)cc(Cl)c3[O-])c12.[Li+]. The molecule has 0 saturated carbocycles. The number of phenols is 1. The number of aromatic hydroxyl groups is 1. The first-order valence-corrected chi connectivity index (χ1v) is 11.0. The first-order chi connectivity index (χ1) is 15.0. The summed E-state index contributed by atoms with van der Waals surface area (Å²) in [6.45, 7) is 1.59. The number of carbonyl (C=O) groups excluding carboxylic acids is 1. The van der Waals surface area contributed by atoms with Crippen molar-refractivity contribution in [1.29, 1.82) is 0 Å². The van der Waals surface area contributed by atoms with Crippen LogP contribution in [0.4, 0.5) is 21.9 Å². The third-order valence-corrected chi connectivity index (χ3v) is 5.43. The van der Waals surface area contributed by atoms with Crippen LogP contribution in [0.3, 0.4) is 0 Å². The maximum absolute atomic E-state index is 12.2. The van der Waals surface area contributed by atoms with E-state index in [1.165, 1.54) is 24.3 Å². The van der Waals surface area contributed by atoms with Crippen LogP contribution in [0, 0.1) is 0 Å². The molecule has 0 saturated heterocycles. The quantitative estimate of drug-likeness (QED) is 0.272. The number of hydrogen-bond donors (Lipinski definition) is 3. The number of benzene rings is 3. The molecule has 14 heteroatoms. The van der Waals surface area contributed by atoms with E-state index in [9.17, 15) is 28.0 Å². The summed E-state index contributed by atoms with van der Waals surface area (Å²) in [5.41, 5.74) is -0.565. The average Bonchev–Trinajstić information content (AvgIpc) is 2.70. The van der Waals surface area contributed by atoms with Gasteiger partial charge in [0, 0.05) is 15.4 Å². The molecule has 10 nitrogen and oxygen atoms in total. The second-order valence-electron chi connectivity index (χ2n) is 6.26. The molecular formula is C19H14Cl2LiN3O7S. The standard InChI is InChI=1S/C19H15Cl2N3O7S.Li/c1-2-31-19(27)22-13-8-11(32(28,29)30)5-9-3-4-15(25)17(16(9)13)24-23-14-7-10(20)6-12(21)18(14)26;/h3-8,25-26H,2H2,1H3,(H,22,27)(H,28,29,30);/q;+1/p-1. The topological polar surface area (TPSA) is 161 Å². The number of carbonyl (C=O) groups is 1. The Bertz CT molecular complexity index is 1370. The maximum atomic E-state index is 12.2. The summed E-state index contributed by atoms with van der Waals surface area (Å²) in [7, 11) is -4.64. The van der Waals surface area contributed by atoms with Gasteiger partial charge >= 0.3 is 25.0 Å². The second kappa shape index (κ2) is 10.6. The van der Waals surface area contributed by atoms with Crippen LogP contribution < -0.4 is 29.3 Å². The molecule has 1 amide bonds. The fourth-order valence-corrected chi connectivity index (χ4v) is 3.78. The van der Waals surface area contributed by atoms with Gasteiger partial charge in [0.1, 0.15) is 11.4 Å². The predicted octanol–water partition coefficient (Wildman–Crippen LogP) is 2.16. The molecular weight excluding hydrogens is 492 g/mol. The van der Waals surface area contributed by atoms with Crippen molar-refractivity contribution in [3.8, 4) is 11.5 Å². The normalized spacial score (nSPS) is 11.4. The molecule has 0 aromatic heterocycles. The van der Waals surface area contributed by atoms with E-state index in [1.807, 2.05) is 0 Å². The molecule has 0 fully saturated rings. The molecule has 3 N–H and O–H groups in total. The van der Waals surface area contributed by atoms with Gasteiger partial charge in [-0.25, -0.2) is 4.79 Å². The maximum Gasteiger partial charge on any atom is 1.00 e. The molecule has 0 aliphatic rings. The van der Waals surface area contributed by atoms with Crippen molar-refractivity contribution in [1.82, 2.24) is 0 Å². The monoisotopic (exact) mass is 505 g/mol. The van der Waals surface area contributed by atoms with Gasteiger partial charge < -0.3 is 14.9 Å². The van der Waals surface area contributed by atoms with E-state index in [1.54, 1.807) is 6.92 Å². The Labute approximate surface area is 210 Å². The molecule has 3 rings (SSSR count). The second-order valence-corrected chi connectivity index (χ2v) is 8.52. The first kappa shape index (κ1) is 26.7. The van der Waals surface area contributed by atoms with Crippen LogP contribution >= 0.6 is 23.2 Å². The number of halogens is 2. The number of hydrogen-bond acceptors (Lipinski definition) is 8. The summed E-state index contributed by atoms with van der Waals surface area (Å²) in [4.78, 5) is 11.5. The summed E-state index contributed by atoms with van der Waals surface area (Å²) in [6.07, 6.45) is -0.920. The van der Waals surface area contributed by atoms with Crippen LogP contribution in [0.1, 0.15) is 6.92 Å². The predicted molar refractivity (Wildman–Crippen MR) is 116 cm³/mol. The third kappa shape index (κ3) is 6.08. The number of rotatable bonds is 5. The average molecular weight is 506 g/mol. The number of fused-ring (bicyclic) bond motifs is 1. The summed E-state index contributed by atoms with van der Waals surface area (Å²) < 4.78 is 37.6. The van der Waals surface area contributed by atoms with Gasteiger partial charge in [0.25, 0.3) is 10.1 Å². The van der Waals surface area contributed by atoms with Crippen molar-refractivity contribution in [3.05, 3.63) is 46.4 Å². The van der Waals surface area contributed by atoms with Crippen molar-refractivity contribution in [2.45, 2.75) is 11.8 Å². The molecule has 0 atom stereocenters. The Morgan fingerprint density at radius 3 is 2.52 bits per heavy atom. The minimum atomic E-state index is -4.64. The molecule has 0 radical (unpaired) electrons. The minimum absolute atomic E-state index is 0. The summed E-state index contributed by atoms with van der Waals surface area (Å²) in [5.74, 6) is -1.05. The van der Waals surface area contributed by atoms with E-state index in [-0.39, 0.29) is 63.3 Å². The van der Waals surface area contributed by atoms with Crippen molar-refractivity contribution in [2.24, 2.45) is 10.2 Å². The van der Waals surface area contributed by atoms with E-state index in [0.717, 1.165) is 12.1 Å². The Balaban J connectivity index is 0.00000385. The molecule has 168 valence electrons. The molecule has 0 spiro atoms. The zero-order valence-electron chi connectivity index (χ0n) is 17.2. The molecule has 33 heavy (non-hydrogen) atoms. The van der Waals surface area contributed by atoms with Gasteiger partial charge in [0.15, 0.2) is 0 Å². The van der Waals surface area contributed by atoms with Crippen LogP contribution in [-0.2, 0) is 14.9 Å². The smallest absolute Gasteiger partial charge is 0.870 e. The van der Waals surface area contributed by atoms with Crippen molar-refractivity contribution < 1.29 is 51.6 Å². The van der Waals surface area contributed by atoms with Crippen LogP contribution in [0.5, 0.6) is 11.5 Å². The van der Waals surface area contributed by atoms with Crippen LogP contribution in [0.25, 0.3) is 10.8 Å². The molecule has 0 unspecified atom stereocenters. The number of amides is 1. The zero-order valence-corrected chi connectivity index (χ0v) is 19.5. The van der Waals surface area contributed by atoms with E-state index in [4.69, 9.17) is 27.9 Å². The molecule has 0 aliphatic heterocycles. The minimum Gasteiger partial charge on any atom is -0.870 e. The van der Waals surface area contributed by atoms with E-state index >= 15 is 0 Å². The van der Waals surface area contributed by atoms with E-state index in [0.29, 0.717) is 0 Å². The number of anilines is 1. The fourth-order valence-electron chi connectivity index (χ4n) is 2.76. The van der Waals surface area contributed by atoms with Gasteiger partial charge in [-0.05, 0) is 42.6 Å². The summed E-state index contributed by atoms with van der Waals surface area (Å²) in [6, 6.07) is 7.05. The number of phenolic OH excluding ortho intramolecular Hbond substituents is 1. The Morgan fingerprint density at radius 2 is 1.88 bits per heavy atom. The Hall–Kier alpha value is -2.52. The van der Waals surface area contributed by atoms with Gasteiger partial charge in [0.2, 0.25) is 0 Å². The Kier molecular flexibility index (Phi) is 8.59. The van der Waals surface area contributed by atoms with Gasteiger partial charge in [-0.2, -0.15) is 13.5 Å². The van der Waals surface area contributed by atoms with E-state index < -0.39 is 32.6 Å². The summed E-state index contributed by atoms with van der Waals surface area (Å²) >= 11 is 11.7. The molecule has 0 aliphatic carbocycles. The number of ether oxygens (including phenoxy) is 1. The largest absolute Gasteiger partial charge is 1.00 e. The van der Waals surface area contributed by atoms with Crippen molar-refractivity contribution >= 4 is 67.2 Å². The molecule has 0 heterocycles. The number of nitrogens with zero attached hydrogens (tertiary/aromatic N) is 2. The molecule has 0 bridgehead atoms. The first-order valence-electron chi connectivity index (χ1n) is 8.80. The van der Waals surface area contributed by atoms with Gasteiger partial charge in [-0.3, -0.25) is 9.87 Å². The number of azo groups is 1. The van der Waals surface area contributed by atoms with Crippen LogP contribution in [-0.4, -0.2) is 30.8 Å². The summed E-state index contributed by atoms with van der Waals surface area (Å²) in [5, 5.41) is 32.8. The van der Waals surface area contributed by atoms with Gasteiger partial charge in [-0.1, -0.05) is 35.0 Å². The zero-order chi connectivity index (χ0) is 23.6. The Morgan fingerprint density at radius 1 is 1.18 bits per heavy atom. The van der Waals surface area contributed by atoms with Gasteiger partial charge in [0.05, 0.1) is 22.9 Å². The van der Waals surface area contributed by atoms with Gasteiger partial charge in [-0.15, -0.1) is 5.11 Å². The number of nitrogens with one attached hydrogen (secondary N) is 1. The fraction of sp³-hybridized carbons (Fsp3) is 0.105. The van der Waals surface area contributed by atoms with Crippen molar-refractivity contribution in [3.63, 3.8) is 0 Å². The van der Waals surface area contributed by atoms with E-state index in [2.05, 4.69) is 15.5 Å².